The molecule has 2 atom stereocenters. The highest BCUT2D eigenvalue weighted by molar-refractivity contribution is 5.92. The molecule has 0 aliphatic carbocycles. The summed E-state index contributed by atoms with van der Waals surface area (Å²) in [5.41, 5.74) is 1.97. The molecule has 3 rings (SSSR count). The molecule has 1 aromatic carbocycles. The monoisotopic (exact) mass is 430 g/mol. The van der Waals surface area contributed by atoms with E-state index < -0.39 is 0 Å². The second-order valence-electron chi connectivity index (χ2n) is 7.46. The number of nitrogens with zero attached hydrogens (tertiary/aromatic N) is 1. The molecule has 0 aromatic heterocycles. The average Bonchev–Trinajstić information content (AvgIpc) is 3.28. The summed E-state index contributed by atoms with van der Waals surface area (Å²) in [6, 6.07) is 8.10. The summed E-state index contributed by atoms with van der Waals surface area (Å²) < 4.78 is 0. The number of amides is 2. The maximum atomic E-state index is 12.3. The van der Waals surface area contributed by atoms with Crippen LogP contribution in [0.25, 0.3) is 0 Å². The van der Waals surface area contributed by atoms with E-state index in [4.69, 9.17) is 0 Å². The molecule has 2 aliphatic heterocycles. The van der Waals surface area contributed by atoms with Crippen molar-refractivity contribution in [1.82, 2.24) is 10.6 Å². The summed E-state index contributed by atoms with van der Waals surface area (Å²) >= 11 is 0. The zero-order valence-corrected chi connectivity index (χ0v) is 18.0. The number of carbonyl (C=O) groups is 2. The van der Waals surface area contributed by atoms with Crippen LogP contribution in [0.15, 0.2) is 24.3 Å². The van der Waals surface area contributed by atoms with Crippen LogP contribution in [0.1, 0.15) is 45.4 Å². The van der Waals surface area contributed by atoms with Gasteiger partial charge in [0.15, 0.2) is 0 Å². The minimum absolute atomic E-state index is 0. The van der Waals surface area contributed by atoms with E-state index >= 15 is 0 Å². The normalized spacial score (nSPS) is 19.3. The quantitative estimate of drug-likeness (QED) is 0.621. The molecule has 2 fully saturated rings. The average molecular weight is 431 g/mol. The highest BCUT2D eigenvalue weighted by Crippen LogP contribution is 2.23. The predicted octanol–water partition coefficient (Wildman–Crippen LogP) is 3.11. The van der Waals surface area contributed by atoms with Gasteiger partial charge in [0.25, 0.3) is 0 Å². The smallest absolute Gasteiger partial charge is 0.226 e. The molecular formula is C20H32Cl2N4O2. The van der Waals surface area contributed by atoms with Crippen molar-refractivity contribution in [1.29, 1.82) is 0 Å². The number of halogens is 2. The first-order chi connectivity index (χ1) is 12.6. The van der Waals surface area contributed by atoms with E-state index in [-0.39, 0.29) is 55.1 Å². The van der Waals surface area contributed by atoms with Crippen LogP contribution < -0.4 is 20.9 Å². The first-order valence-electron chi connectivity index (χ1n) is 9.78. The van der Waals surface area contributed by atoms with Crippen LogP contribution in [-0.2, 0) is 9.59 Å². The van der Waals surface area contributed by atoms with Gasteiger partial charge in [-0.25, -0.2) is 0 Å². The van der Waals surface area contributed by atoms with Crippen LogP contribution in [0.5, 0.6) is 0 Å². The van der Waals surface area contributed by atoms with Crippen molar-refractivity contribution in [2.45, 2.75) is 57.5 Å². The molecule has 2 amide bonds. The second-order valence-corrected chi connectivity index (χ2v) is 7.46. The predicted molar refractivity (Wildman–Crippen MR) is 119 cm³/mol. The molecule has 3 N–H and O–H groups in total. The van der Waals surface area contributed by atoms with Crippen LogP contribution in [0.2, 0.25) is 0 Å². The Morgan fingerprint density at radius 1 is 1.18 bits per heavy atom. The zero-order chi connectivity index (χ0) is 18.4. The molecule has 8 heteroatoms. The molecule has 0 saturated carbocycles. The number of carbonyl (C=O) groups excluding carboxylic acids is 2. The summed E-state index contributed by atoms with van der Waals surface area (Å²) in [7, 11) is 0. The molecule has 158 valence electrons. The first-order valence-corrected chi connectivity index (χ1v) is 9.78. The molecule has 28 heavy (non-hydrogen) atoms. The van der Waals surface area contributed by atoms with Gasteiger partial charge >= 0.3 is 0 Å². The van der Waals surface area contributed by atoms with E-state index in [1.165, 1.54) is 12.8 Å². The Morgan fingerprint density at radius 3 is 2.61 bits per heavy atom. The topological polar surface area (TPSA) is 73.5 Å². The Balaban J connectivity index is 0.00000196. The molecule has 0 radical (unpaired) electrons. The van der Waals surface area contributed by atoms with Gasteiger partial charge in [-0.15, -0.1) is 24.8 Å². The van der Waals surface area contributed by atoms with Gasteiger partial charge in [-0.2, -0.15) is 0 Å². The van der Waals surface area contributed by atoms with Crippen molar-refractivity contribution in [3.8, 4) is 0 Å². The van der Waals surface area contributed by atoms with Gasteiger partial charge in [-0.3, -0.25) is 9.59 Å². The highest BCUT2D eigenvalue weighted by atomic mass is 35.5. The minimum Gasteiger partial charge on any atom is -0.371 e. The lowest BCUT2D eigenvalue weighted by atomic mass is 10.1. The van der Waals surface area contributed by atoms with Gasteiger partial charge in [-0.1, -0.05) is 6.07 Å². The second kappa shape index (κ2) is 12.1. The molecular weight excluding hydrogens is 399 g/mol. The van der Waals surface area contributed by atoms with Gasteiger partial charge in [0.05, 0.1) is 0 Å². The maximum Gasteiger partial charge on any atom is 0.226 e. The zero-order valence-electron chi connectivity index (χ0n) is 16.4. The maximum absolute atomic E-state index is 12.3. The fourth-order valence-corrected chi connectivity index (χ4v) is 3.79. The summed E-state index contributed by atoms with van der Waals surface area (Å²) in [6.07, 6.45) is 5.40. The molecule has 2 saturated heterocycles. The summed E-state index contributed by atoms with van der Waals surface area (Å²) in [5, 5.41) is 9.20. The molecule has 2 aliphatic rings. The lowest BCUT2D eigenvalue weighted by molar-refractivity contribution is -0.122. The van der Waals surface area contributed by atoms with Gasteiger partial charge < -0.3 is 20.9 Å². The van der Waals surface area contributed by atoms with E-state index in [2.05, 4.69) is 26.9 Å². The van der Waals surface area contributed by atoms with E-state index in [0.29, 0.717) is 6.42 Å². The van der Waals surface area contributed by atoms with Gasteiger partial charge in [0.1, 0.15) is 0 Å². The Kier molecular flexibility index (Phi) is 10.6. The molecule has 0 bridgehead atoms. The highest BCUT2D eigenvalue weighted by Gasteiger charge is 2.19. The standard InChI is InChI=1S/C20H30N4O2.2ClH/c1-15(22-20(26)14-16-7-5-9-21-16)12-19(25)23-17-6-4-8-18(13-17)24-10-2-3-11-24;;/h4,6,8,13,15-16,21H,2-3,5,7,9-12,14H2,1H3,(H,22,26)(H,23,25);2*1H. The van der Waals surface area contributed by atoms with Crippen molar-refractivity contribution >= 4 is 48.0 Å². The largest absolute Gasteiger partial charge is 0.371 e. The van der Waals surface area contributed by atoms with E-state index in [0.717, 1.165) is 43.9 Å². The lowest BCUT2D eigenvalue weighted by Gasteiger charge is -2.19. The summed E-state index contributed by atoms with van der Waals surface area (Å²) in [6.45, 7) is 5.03. The van der Waals surface area contributed by atoms with Crippen molar-refractivity contribution < 1.29 is 9.59 Å². The third kappa shape index (κ3) is 7.49. The molecule has 6 nitrogen and oxygen atoms in total. The summed E-state index contributed by atoms with van der Waals surface area (Å²) in [4.78, 5) is 26.7. The van der Waals surface area contributed by atoms with Gasteiger partial charge in [-0.05, 0) is 57.4 Å². The van der Waals surface area contributed by atoms with Crippen molar-refractivity contribution in [3.63, 3.8) is 0 Å². The molecule has 2 heterocycles. The fourth-order valence-electron chi connectivity index (χ4n) is 3.79. The SMILES string of the molecule is CC(CC(=O)Nc1cccc(N2CCCC2)c1)NC(=O)CC1CCCN1.Cl.Cl. The Hall–Kier alpha value is -1.50. The van der Waals surface area contributed by atoms with Crippen LogP contribution in [0.4, 0.5) is 11.4 Å². The third-order valence-corrected chi connectivity index (χ3v) is 5.09. The Labute approximate surface area is 180 Å². The van der Waals surface area contributed by atoms with Crippen LogP contribution >= 0.6 is 24.8 Å². The number of benzene rings is 1. The van der Waals surface area contributed by atoms with Crippen molar-refractivity contribution in [2.75, 3.05) is 29.9 Å². The van der Waals surface area contributed by atoms with Gasteiger partial charge in [0, 0.05) is 49.4 Å². The van der Waals surface area contributed by atoms with Crippen molar-refractivity contribution in [3.05, 3.63) is 24.3 Å². The molecule has 2 unspecified atom stereocenters. The summed E-state index contributed by atoms with van der Waals surface area (Å²) in [5.74, 6) is -0.0592. The number of hydrogen-bond donors (Lipinski definition) is 3. The van der Waals surface area contributed by atoms with E-state index in [1.807, 2.05) is 25.1 Å². The van der Waals surface area contributed by atoms with Crippen LogP contribution in [-0.4, -0.2) is 43.5 Å². The number of anilines is 2. The fraction of sp³-hybridized carbons (Fsp3) is 0.600. The number of nitrogens with one attached hydrogen (secondary N) is 3. The number of hydrogen-bond acceptors (Lipinski definition) is 4. The lowest BCUT2D eigenvalue weighted by Crippen LogP contribution is -2.38. The van der Waals surface area contributed by atoms with Crippen molar-refractivity contribution in [2.24, 2.45) is 0 Å². The first kappa shape index (κ1) is 24.5. The van der Waals surface area contributed by atoms with E-state index in [1.54, 1.807) is 0 Å². The Morgan fingerprint density at radius 2 is 1.93 bits per heavy atom. The van der Waals surface area contributed by atoms with Crippen LogP contribution in [0.3, 0.4) is 0 Å². The van der Waals surface area contributed by atoms with Gasteiger partial charge in [0.2, 0.25) is 11.8 Å². The minimum atomic E-state index is -0.175. The van der Waals surface area contributed by atoms with Crippen LogP contribution in [0, 0.1) is 0 Å². The Bertz CT molecular complexity index is 632. The molecule has 0 spiro atoms. The van der Waals surface area contributed by atoms with E-state index in [9.17, 15) is 9.59 Å². The number of rotatable bonds is 7. The third-order valence-electron chi connectivity index (χ3n) is 5.09. The molecule has 1 aromatic rings.